The maximum atomic E-state index is 12.5. The summed E-state index contributed by atoms with van der Waals surface area (Å²) < 4.78 is 30.3. The molecule has 0 radical (unpaired) electrons. The second-order valence-electron chi connectivity index (χ2n) is 5.26. The second kappa shape index (κ2) is 6.33. The standard InChI is InChI=1S/C18H15NO4S/c1-13-7-9-15(10-8-13)24(21,22)17-12-11-16(23-17)18(20)19-14-5-3-2-4-6-14/h2-12H,1H3,(H,19,20). The summed E-state index contributed by atoms with van der Waals surface area (Å²) >= 11 is 0. The summed E-state index contributed by atoms with van der Waals surface area (Å²) in [7, 11) is -3.79. The summed E-state index contributed by atoms with van der Waals surface area (Å²) in [6, 6.07) is 17.9. The van der Waals surface area contributed by atoms with Gasteiger partial charge in [-0.05, 0) is 43.3 Å². The summed E-state index contributed by atoms with van der Waals surface area (Å²) in [6.45, 7) is 1.87. The van der Waals surface area contributed by atoms with Crippen molar-refractivity contribution in [3.05, 3.63) is 78.1 Å². The van der Waals surface area contributed by atoms with E-state index in [0.29, 0.717) is 5.69 Å². The second-order valence-corrected chi connectivity index (χ2v) is 7.14. The highest BCUT2D eigenvalue weighted by Gasteiger charge is 2.23. The van der Waals surface area contributed by atoms with Gasteiger partial charge in [-0.3, -0.25) is 4.79 Å². The van der Waals surface area contributed by atoms with Gasteiger partial charge in [-0.25, -0.2) is 8.42 Å². The number of carbonyl (C=O) groups is 1. The Bertz CT molecular complexity index is 958. The lowest BCUT2D eigenvalue weighted by Gasteiger charge is -2.03. The summed E-state index contributed by atoms with van der Waals surface area (Å²) in [6.07, 6.45) is 0. The maximum absolute atomic E-state index is 12.5. The van der Waals surface area contributed by atoms with Crippen LogP contribution in [0.15, 0.2) is 81.1 Å². The van der Waals surface area contributed by atoms with Gasteiger partial charge in [-0.1, -0.05) is 35.9 Å². The van der Waals surface area contributed by atoms with Crippen molar-refractivity contribution >= 4 is 21.4 Å². The molecule has 0 aliphatic rings. The van der Waals surface area contributed by atoms with Gasteiger partial charge in [0.2, 0.25) is 14.9 Å². The van der Waals surface area contributed by atoms with E-state index in [2.05, 4.69) is 5.32 Å². The molecule has 3 aromatic rings. The minimum atomic E-state index is -3.79. The summed E-state index contributed by atoms with van der Waals surface area (Å²) in [4.78, 5) is 12.3. The third-order valence-corrected chi connectivity index (χ3v) is 5.07. The molecule has 0 saturated heterocycles. The average Bonchev–Trinajstić information content (AvgIpc) is 3.07. The quantitative estimate of drug-likeness (QED) is 0.785. The van der Waals surface area contributed by atoms with E-state index >= 15 is 0 Å². The highest BCUT2D eigenvalue weighted by Crippen LogP contribution is 2.23. The molecule has 1 aromatic heterocycles. The van der Waals surface area contributed by atoms with E-state index in [1.807, 2.05) is 13.0 Å². The molecule has 0 bridgehead atoms. The zero-order valence-electron chi connectivity index (χ0n) is 12.9. The van der Waals surface area contributed by atoms with E-state index < -0.39 is 15.7 Å². The Labute approximate surface area is 139 Å². The number of furan rings is 1. The first-order valence-corrected chi connectivity index (χ1v) is 8.73. The molecule has 0 spiro atoms. The molecule has 24 heavy (non-hydrogen) atoms. The van der Waals surface area contributed by atoms with Crippen LogP contribution in [0.25, 0.3) is 0 Å². The molecule has 1 heterocycles. The van der Waals surface area contributed by atoms with E-state index in [0.717, 1.165) is 5.56 Å². The van der Waals surface area contributed by atoms with E-state index in [4.69, 9.17) is 4.42 Å². The van der Waals surface area contributed by atoms with Gasteiger partial charge in [-0.2, -0.15) is 0 Å². The van der Waals surface area contributed by atoms with Crippen LogP contribution in [0.1, 0.15) is 16.1 Å². The number of anilines is 1. The van der Waals surface area contributed by atoms with Crippen molar-refractivity contribution in [2.75, 3.05) is 5.32 Å². The molecule has 122 valence electrons. The van der Waals surface area contributed by atoms with Crippen molar-refractivity contribution < 1.29 is 17.6 Å². The van der Waals surface area contributed by atoms with Gasteiger partial charge in [-0.15, -0.1) is 0 Å². The number of benzene rings is 2. The topological polar surface area (TPSA) is 76.4 Å². The molecule has 5 nitrogen and oxygen atoms in total. The highest BCUT2D eigenvalue weighted by molar-refractivity contribution is 7.91. The molecule has 2 aromatic carbocycles. The molecule has 1 amide bonds. The number of nitrogens with one attached hydrogen (secondary N) is 1. The van der Waals surface area contributed by atoms with Crippen LogP contribution in [0, 0.1) is 6.92 Å². The van der Waals surface area contributed by atoms with Crippen LogP contribution in [0.4, 0.5) is 5.69 Å². The first kappa shape index (κ1) is 16.0. The van der Waals surface area contributed by atoms with Crippen LogP contribution in [0.2, 0.25) is 0 Å². The third-order valence-electron chi connectivity index (χ3n) is 3.43. The summed E-state index contributed by atoms with van der Waals surface area (Å²) in [5.41, 5.74) is 1.55. The number of sulfone groups is 1. The molecule has 6 heteroatoms. The van der Waals surface area contributed by atoms with Crippen molar-refractivity contribution in [3.63, 3.8) is 0 Å². The van der Waals surface area contributed by atoms with Gasteiger partial charge >= 0.3 is 0 Å². The van der Waals surface area contributed by atoms with E-state index in [9.17, 15) is 13.2 Å². The van der Waals surface area contributed by atoms with Crippen molar-refractivity contribution in [3.8, 4) is 0 Å². The van der Waals surface area contributed by atoms with Gasteiger partial charge in [0.15, 0.2) is 5.76 Å². The normalized spacial score (nSPS) is 11.2. The van der Waals surface area contributed by atoms with Gasteiger partial charge in [0.25, 0.3) is 5.91 Å². The Hall–Kier alpha value is -2.86. The minimum absolute atomic E-state index is 0.0652. The van der Waals surface area contributed by atoms with Crippen LogP contribution in [0.3, 0.4) is 0 Å². The molecule has 0 fully saturated rings. The Morgan fingerprint density at radius 3 is 2.25 bits per heavy atom. The average molecular weight is 341 g/mol. The minimum Gasteiger partial charge on any atom is -0.439 e. The van der Waals surface area contributed by atoms with Crippen molar-refractivity contribution in [2.45, 2.75) is 16.9 Å². The Morgan fingerprint density at radius 1 is 0.917 bits per heavy atom. The number of hydrogen-bond acceptors (Lipinski definition) is 4. The molecule has 0 unspecified atom stereocenters. The zero-order valence-corrected chi connectivity index (χ0v) is 13.7. The predicted octanol–water partition coefficient (Wildman–Crippen LogP) is 3.67. The lowest BCUT2D eigenvalue weighted by Crippen LogP contribution is -2.10. The molecule has 0 saturated carbocycles. The Balaban J connectivity index is 1.84. The summed E-state index contributed by atoms with van der Waals surface area (Å²) in [5, 5.41) is 2.38. The van der Waals surface area contributed by atoms with Crippen LogP contribution in [-0.4, -0.2) is 14.3 Å². The Kier molecular flexibility index (Phi) is 4.22. The third kappa shape index (κ3) is 3.23. The maximum Gasteiger partial charge on any atom is 0.291 e. The van der Waals surface area contributed by atoms with Gasteiger partial charge in [0.1, 0.15) is 0 Å². The van der Waals surface area contributed by atoms with E-state index in [1.54, 1.807) is 36.4 Å². The fourth-order valence-corrected chi connectivity index (χ4v) is 3.31. The SMILES string of the molecule is Cc1ccc(S(=O)(=O)c2ccc(C(=O)Nc3ccccc3)o2)cc1. The lowest BCUT2D eigenvalue weighted by molar-refractivity contribution is 0.0991. The number of amides is 1. The van der Waals surface area contributed by atoms with Gasteiger partial charge in [0, 0.05) is 5.69 Å². The number of carbonyl (C=O) groups excluding carboxylic acids is 1. The number of rotatable bonds is 4. The van der Waals surface area contributed by atoms with Crippen LogP contribution < -0.4 is 5.32 Å². The largest absolute Gasteiger partial charge is 0.439 e. The molecule has 0 aliphatic heterocycles. The smallest absolute Gasteiger partial charge is 0.291 e. The van der Waals surface area contributed by atoms with Crippen LogP contribution >= 0.6 is 0 Å². The monoisotopic (exact) mass is 341 g/mol. The van der Waals surface area contributed by atoms with Gasteiger partial charge in [0.05, 0.1) is 4.90 Å². The zero-order chi connectivity index (χ0) is 17.2. The first-order valence-electron chi connectivity index (χ1n) is 7.25. The molecule has 1 N–H and O–H groups in total. The summed E-state index contributed by atoms with van der Waals surface area (Å²) in [5.74, 6) is -0.573. The van der Waals surface area contributed by atoms with Gasteiger partial charge < -0.3 is 9.73 Å². The lowest BCUT2D eigenvalue weighted by atomic mass is 10.2. The molecule has 3 rings (SSSR count). The first-order chi connectivity index (χ1) is 11.5. The van der Waals surface area contributed by atoms with Crippen molar-refractivity contribution in [1.82, 2.24) is 0 Å². The number of hydrogen-bond donors (Lipinski definition) is 1. The van der Waals surface area contributed by atoms with Crippen LogP contribution in [0.5, 0.6) is 0 Å². The number of aryl methyl sites for hydroxylation is 1. The Morgan fingerprint density at radius 2 is 1.58 bits per heavy atom. The highest BCUT2D eigenvalue weighted by atomic mass is 32.2. The van der Waals surface area contributed by atoms with Crippen LogP contribution in [-0.2, 0) is 9.84 Å². The fourth-order valence-electron chi connectivity index (χ4n) is 2.13. The predicted molar refractivity (Wildman–Crippen MR) is 89.7 cm³/mol. The van der Waals surface area contributed by atoms with Crippen molar-refractivity contribution in [2.24, 2.45) is 0 Å². The number of para-hydroxylation sites is 1. The molecular weight excluding hydrogens is 326 g/mol. The van der Waals surface area contributed by atoms with Crippen molar-refractivity contribution in [1.29, 1.82) is 0 Å². The van der Waals surface area contributed by atoms with E-state index in [-0.39, 0.29) is 15.7 Å². The fraction of sp³-hybridized carbons (Fsp3) is 0.0556. The molecule has 0 aliphatic carbocycles. The molecular formula is C18H15NO4S. The van der Waals surface area contributed by atoms with E-state index in [1.165, 1.54) is 24.3 Å². The molecule has 0 atom stereocenters.